The molecular formula is C12H27Si. The predicted octanol–water partition coefficient (Wildman–Crippen LogP) is 4.74. The quantitative estimate of drug-likeness (QED) is 0.410. The molecule has 0 aromatic rings. The largest absolute Gasteiger partial charge is 0.0713 e. The van der Waals surface area contributed by atoms with E-state index in [1.165, 1.54) is 38.1 Å². The summed E-state index contributed by atoms with van der Waals surface area (Å²) in [5.41, 5.74) is 0.608. The van der Waals surface area contributed by atoms with Gasteiger partial charge in [0.2, 0.25) is 0 Å². The van der Waals surface area contributed by atoms with Crippen molar-refractivity contribution in [3.63, 3.8) is 0 Å². The Labute approximate surface area is 86.7 Å². The molecular weight excluding hydrogens is 172 g/mol. The highest BCUT2D eigenvalue weighted by Crippen LogP contribution is 2.29. The van der Waals surface area contributed by atoms with Gasteiger partial charge in [-0.3, -0.25) is 0 Å². The zero-order chi connectivity index (χ0) is 10.3. The monoisotopic (exact) mass is 199 g/mol. The van der Waals surface area contributed by atoms with E-state index < -0.39 is 0 Å². The second kappa shape index (κ2) is 6.64. The molecule has 0 saturated heterocycles. The van der Waals surface area contributed by atoms with E-state index in [9.17, 15) is 0 Å². The van der Waals surface area contributed by atoms with Crippen molar-refractivity contribution in [1.82, 2.24) is 0 Å². The molecule has 0 bridgehead atoms. The Morgan fingerprint density at radius 3 is 2.08 bits per heavy atom. The van der Waals surface area contributed by atoms with Crippen LogP contribution in [-0.4, -0.2) is 8.80 Å². The molecule has 0 nitrogen and oxygen atoms in total. The average Bonchev–Trinajstić information content (AvgIpc) is 2.02. The van der Waals surface area contributed by atoms with E-state index in [4.69, 9.17) is 0 Å². The Morgan fingerprint density at radius 2 is 1.62 bits per heavy atom. The molecule has 1 heteroatoms. The summed E-state index contributed by atoms with van der Waals surface area (Å²) < 4.78 is 0. The van der Waals surface area contributed by atoms with Crippen molar-refractivity contribution in [2.45, 2.75) is 72.0 Å². The van der Waals surface area contributed by atoms with Gasteiger partial charge in [0.15, 0.2) is 0 Å². The summed E-state index contributed by atoms with van der Waals surface area (Å²) in [5.74, 6) is 0. The van der Waals surface area contributed by atoms with Crippen LogP contribution in [0.25, 0.3) is 0 Å². The Morgan fingerprint density at radius 1 is 1.00 bits per heavy atom. The van der Waals surface area contributed by atoms with Gasteiger partial charge in [0.25, 0.3) is 0 Å². The molecule has 0 aliphatic carbocycles. The van der Waals surface area contributed by atoms with E-state index in [-0.39, 0.29) is 8.80 Å². The molecule has 0 N–H and O–H groups in total. The molecule has 13 heavy (non-hydrogen) atoms. The molecule has 0 amide bonds. The lowest BCUT2D eigenvalue weighted by atomic mass is 9.84. The molecule has 0 aliphatic rings. The number of rotatable bonds is 7. The van der Waals surface area contributed by atoms with Crippen molar-refractivity contribution in [3.05, 3.63) is 0 Å². The molecule has 0 heterocycles. The van der Waals surface area contributed by atoms with Crippen LogP contribution in [0.4, 0.5) is 0 Å². The van der Waals surface area contributed by atoms with Gasteiger partial charge in [0.05, 0.1) is 0 Å². The van der Waals surface area contributed by atoms with Crippen molar-refractivity contribution in [1.29, 1.82) is 0 Å². The van der Waals surface area contributed by atoms with Gasteiger partial charge in [-0.15, -0.1) is 0 Å². The lowest BCUT2D eigenvalue weighted by Gasteiger charge is -2.25. The molecule has 79 valence electrons. The lowest BCUT2D eigenvalue weighted by Crippen LogP contribution is -2.14. The van der Waals surface area contributed by atoms with Crippen molar-refractivity contribution in [2.24, 2.45) is 5.41 Å². The van der Waals surface area contributed by atoms with Gasteiger partial charge in [-0.25, -0.2) is 0 Å². The Balaban J connectivity index is 3.54. The molecule has 0 spiro atoms. The SMILES string of the molecule is CCCCCC(C)(C)CC[Si](C)C. The lowest BCUT2D eigenvalue weighted by molar-refractivity contribution is 0.308. The zero-order valence-corrected chi connectivity index (χ0v) is 11.2. The Bertz CT molecular complexity index is 116. The highest BCUT2D eigenvalue weighted by molar-refractivity contribution is 6.55. The van der Waals surface area contributed by atoms with Crippen LogP contribution in [0.15, 0.2) is 0 Å². The molecule has 0 rings (SSSR count). The number of hydrogen-bond donors (Lipinski definition) is 0. The summed E-state index contributed by atoms with van der Waals surface area (Å²) in [4.78, 5) is 0. The average molecular weight is 199 g/mol. The Hall–Kier alpha value is 0.217. The first-order valence-corrected chi connectivity index (χ1v) is 8.47. The fraction of sp³-hybridized carbons (Fsp3) is 1.00. The smallest absolute Gasteiger partial charge is 0.0413 e. The summed E-state index contributed by atoms with van der Waals surface area (Å²) in [6.07, 6.45) is 7.07. The van der Waals surface area contributed by atoms with E-state index in [0.717, 1.165) is 0 Å². The van der Waals surface area contributed by atoms with E-state index in [2.05, 4.69) is 33.9 Å². The summed E-state index contributed by atoms with van der Waals surface area (Å²) in [5, 5.41) is 0. The van der Waals surface area contributed by atoms with Gasteiger partial charge in [0.1, 0.15) is 0 Å². The van der Waals surface area contributed by atoms with E-state index in [1.807, 2.05) is 0 Å². The number of unbranched alkanes of at least 4 members (excludes halogenated alkanes) is 2. The van der Waals surface area contributed by atoms with Gasteiger partial charge in [0, 0.05) is 8.80 Å². The summed E-state index contributed by atoms with van der Waals surface area (Å²) in [7, 11) is 0.00255. The van der Waals surface area contributed by atoms with Crippen molar-refractivity contribution in [2.75, 3.05) is 0 Å². The molecule has 1 radical (unpaired) electrons. The van der Waals surface area contributed by atoms with Gasteiger partial charge in [-0.1, -0.05) is 65.6 Å². The number of hydrogen-bond acceptors (Lipinski definition) is 0. The van der Waals surface area contributed by atoms with Crippen LogP contribution >= 0.6 is 0 Å². The second-order valence-electron chi connectivity index (χ2n) is 5.33. The van der Waals surface area contributed by atoms with Crippen molar-refractivity contribution in [3.8, 4) is 0 Å². The topological polar surface area (TPSA) is 0 Å². The minimum atomic E-state index is 0.00255. The van der Waals surface area contributed by atoms with Crippen molar-refractivity contribution >= 4 is 8.80 Å². The molecule has 0 saturated carbocycles. The third-order valence-electron chi connectivity index (χ3n) is 2.76. The summed E-state index contributed by atoms with van der Waals surface area (Å²) in [6, 6.07) is 1.49. The first-order chi connectivity index (χ1) is 5.98. The molecule has 0 aliphatic heterocycles. The van der Waals surface area contributed by atoms with Gasteiger partial charge in [-0.05, 0) is 11.8 Å². The fourth-order valence-electron chi connectivity index (χ4n) is 1.57. The zero-order valence-electron chi connectivity index (χ0n) is 10.2. The second-order valence-corrected chi connectivity index (χ2v) is 8.24. The highest BCUT2D eigenvalue weighted by atomic mass is 28.3. The van der Waals surface area contributed by atoms with Gasteiger partial charge < -0.3 is 0 Å². The van der Waals surface area contributed by atoms with Crippen LogP contribution in [-0.2, 0) is 0 Å². The normalized spacial score (nSPS) is 12.5. The van der Waals surface area contributed by atoms with Gasteiger partial charge in [-0.2, -0.15) is 0 Å². The molecule has 0 aromatic carbocycles. The van der Waals surface area contributed by atoms with E-state index in [1.54, 1.807) is 0 Å². The molecule has 0 fully saturated rings. The fourth-order valence-corrected chi connectivity index (χ4v) is 2.74. The third kappa shape index (κ3) is 8.54. The minimum absolute atomic E-state index is 0.00255. The third-order valence-corrected chi connectivity index (χ3v) is 4.01. The van der Waals surface area contributed by atoms with Crippen LogP contribution in [0.3, 0.4) is 0 Å². The highest BCUT2D eigenvalue weighted by Gasteiger charge is 2.17. The van der Waals surface area contributed by atoms with Gasteiger partial charge >= 0.3 is 0 Å². The summed E-state index contributed by atoms with van der Waals surface area (Å²) in [6.45, 7) is 12.0. The summed E-state index contributed by atoms with van der Waals surface area (Å²) >= 11 is 0. The van der Waals surface area contributed by atoms with Crippen LogP contribution in [0.1, 0.15) is 52.9 Å². The van der Waals surface area contributed by atoms with Crippen LogP contribution in [0, 0.1) is 5.41 Å². The Kier molecular flexibility index (Phi) is 6.75. The maximum atomic E-state index is 2.44. The van der Waals surface area contributed by atoms with Crippen molar-refractivity contribution < 1.29 is 0 Å². The predicted molar refractivity (Wildman–Crippen MR) is 64.8 cm³/mol. The maximum Gasteiger partial charge on any atom is 0.0413 e. The first kappa shape index (κ1) is 13.2. The van der Waals surface area contributed by atoms with Crippen LogP contribution in [0.2, 0.25) is 19.1 Å². The maximum absolute atomic E-state index is 2.44. The molecule has 0 unspecified atom stereocenters. The molecule has 0 aromatic heterocycles. The van der Waals surface area contributed by atoms with Crippen LogP contribution in [0.5, 0.6) is 0 Å². The first-order valence-electron chi connectivity index (χ1n) is 5.77. The standard InChI is InChI=1S/C12H27Si/c1-6-7-8-9-12(2,3)10-11-13(4)5/h6-11H2,1-5H3. The molecule has 0 atom stereocenters. The minimum Gasteiger partial charge on any atom is -0.0713 e. The van der Waals surface area contributed by atoms with E-state index >= 15 is 0 Å². The van der Waals surface area contributed by atoms with E-state index in [0.29, 0.717) is 5.41 Å². The van der Waals surface area contributed by atoms with Crippen LogP contribution < -0.4 is 0 Å².